The Kier molecular flexibility index (Phi) is 8.38. The summed E-state index contributed by atoms with van der Waals surface area (Å²) in [4.78, 5) is 13.0. The van der Waals surface area contributed by atoms with Crippen molar-refractivity contribution in [3.8, 4) is 28.7 Å². The molecule has 0 bridgehead atoms. The minimum atomic E-state index is -0.783. The number of aliphatic hydroxyl groups excluding tert-OH is 1. The van der Waals surface area contributed by atoms with E-state index in [0.29, 0.717) is 34.3 Å². The average molecular weight is 434 g/mol. The summed E-state index contributed by atoms with van der Waals surface area (Å²) in [5.41, 5.74) is 0.879. The van der Waals surface area contributed by atoms with Crippen molar-refractivity contribution in [2.45, 2.75) is 26.1 Å². The molecule has 2 rings (SSSR count). The number of aliphatic hydroxyl groups is 1. The summed E-state index contributed by atoms with van der Waals surface area (Å²) in [5.74, 6) is 1.16. The minimum absolute atomic E-state index is 0.285. The molecule has 1 N–H and O–H groups in total. The van der Waals surface area contributed by atoms with Crippen LogP contribution in [0.2, 0.25) is 0 Å². The summed E-state index contributed by atoms with van der Waals surface area (Å²) in [6.07, 6.45) is -1.53. The van der Waals surface area contributed by atoms with Gasteiger partial charge in [0.15, 0.2) is 23.0 Å². The van der Waals surface area contributed by atoms with Crippen molar-refractivity contribution in [3.05, 3.63) is 41.5 Å². The van der Waals surface area contributed by atoms with Crippen LogP contribution in [0.5, 0.6) is 28.7 Å². The Labute approximate surface area is 182 Å². The Balaban J connectivity index is 2.48. The van der Waals surface area contributed by atoms with E-state index < -0.39 is 24.1 Å². The standard InChI is InChI=1S/C23H30O8/c1-13(14(2)24)21(16-11-19(28-5)22(30-7)20(12-16)29-6)31-23(25)15-8-9-17(26-3)18(10-15)27-4/h8-14,21,24H,1-7H3/t13-,14?,21?/m1/s1. The van der Waals surface area contributed by atoms with Gasteiger partial charge in [0.2, 0.25) is 5.75 Å². The van der Waals surface area contributed by atoms with Gasteiger partial charge in [-0.1, -0.05) is 6.92 Å². The number of hydrogen-bond acceptors (Lipinski definition) is 8. The van der Waals surface area contributed by atoms with Crippen LogP contribution in [-0.4, -0.2) is 52.7 Å². The molecule has 3 atom stereocenters. The molecule has 0 aliphatic heterocycles. The van der Waals surface area contributed by atoms with E-state index in [1.54, 1.807) is 44.2 Å². The van der Waals surface area contributed by atoms with Crippen LogP contribution in [0.4, 0.5) is 0 Å². The molecule has 0 heterocycles. The van der Waals surface area contributed by atoms with Gasteiger partial charge >= 0.3 is 5.97 Å². The van der Waals surface area contributed by atoms with Crippen molar-refractivity contribution in [1.29, 1.82) is 0 Å². The number of hydrogen-bond donors (Lipinski definition) is 1. The smallest absolute Gasteiger partial charge is 0.338 e. The number of esters is 1. The maximum Gasteiger partial charge on any atom is 0.338 e. The number of carbonyl (C=O) groups is 1. The zero-order chi connectivity index (χ0) is 23.1. The maximum atomic E-state index is 13.0. The highest BCUT2D eigenvalue weighted by molar-refractivity contribution is 5.90. The molecule has 0 spiro atoms. The number of rotatable bonds is 10. The van der Waals surface area contributed by atoms with E-state index in [1.165, 1.54) is 35.5 Å². The van der Waals surface area contributed by atoms with Crippen LogP contribution in [0, 0.1) is 5.92 Å². The molecule has 0 aliphatic rings. The zero-order valence-electron chi connectivity index (χ0n) is 18.9. The van der Waals surface area contributed by atoms with Gasteiger partial charge in [0, 0.05) is 11.5 Å². The fourth-order valence-corrected chi connectivity index (χ4v) is 3.14. The Morgan fingerprint density at radius 3 is 1.77 bits per heavy atom. The summed E-state index contributed by atoms with van der Waals surface area (Å²) in [7, 11) is 7.52. The van der Waals surface area contributed by atoms with Crippen LogP contribution in [0.3, 0.4) is 0 Å². The SMILES string of the molecule is COc1ccc(C(=O)OC(c2cc(OC)c(OC)c(OC)c2)[C@H](C)C(C)O)cc1OC. The Morgan fingerprint density at radius 2 is 1.32 bits per heavy atom. The fraction of sp³-hybridized carbons (Fsp3) is 0.435. The molecule has 0 aromatic heterocycles. The highest BCUT2D eigenvalue weighted by Gasteiger charge is 2.30. The van der Waals surface area contributed by atoms with Crippen molar-refractivity contribution in [2.75, 3.05) is 35.5 Å². The first-order valence-corrected chi connectivity index (χ1v) is 9.72. The molecular formula is C23H30O8. The van der Waals surface area contributed by atoms with Gasteiger partial charge in [-0.25, -0.2) is 4.79 Å². The summed E-state index contributed by atoms with van der Waals surface area (Å²) < 4.78 is 32.5. The summed E-state index contributed by atoms with van der Waals surface area (Å²) in [6, 6.07) is 8.16. The molecule has 0 saturated heterocycles. The molecule has 0 amide bonds. The van der Waals surface area contributed by atoms with Crippen molar-refractivity contribution in [3.63, 3.8) is 0 Å². The second kappa shape index (κ2) is 10.8. The van der Waals surface area contributed by atoms with Gasteiger partial charge in [0.05, 0.1) is 47.2 Å². The van der Waals surface area contributed by atoms with E-state index in [0.717, 1.165) is 0 Å². The zero-order valence-corrected chi connectivity index (χ0v) is 18.9. The van der Waals surface area contributed by atoms with Crippen LogP contribution < -0.4 is 23.7 Å². The Bertz CT molecular complexity index is 868. The highest BCUT2D eigenvalue weighted by atomic mass is 16.5. The molecule has 170 valence electrons. The molecule has 31 heavy (non-hydrogen) atoms. The van der Waals surface area contributed by atoms with Crippen molar-refractivity contribution in [1.82, 2.24) is 0 Å². The first-order chi connectivity index (χ1) is 14.8. The van der Waals surface area contributed by atoms with Crippen molar-refractivity contribution >= 4 is 5.97 Å². The topological polar surface area (TPSA) is 92.7 Å². The molecule has 0 aliphatic carbocycles. The number of ether oxygens (including phenoxy) is 6. The van der Waals surface area contributed by atoms with Crippen molar-refractivity contribution < 1.29 is 38.3 Å². The lowest BCUT2D eigenvalue weighted by molar-refractivity contribution is -0.0103. The Morgan fingerprint density at radius 1 is 0.774 bits per heavy atom. The summed E-state index contributed by atoms with van der Waals surface area (Å²) in [5, 5.41) is 10.2. The predicted octanol–water partition coefficient (Wildman–Crippen LogP) is 3.64. The first-order valence-electron chi connectivity index (χ1n) is 9.72. The van der Waals surface area contributed by atoms with Gasteiger partial charge in [0.25, 0.3) is 0 Å². The van der Waals surface area contributed by atoms with Crippen LogP contribution in [0.25, 0.3) is 0 Å². The lowest BCUT2D eigenvalue weighted by Gasteiger charge is -2.27. The first kappa shape index (κ1) is 24.1. The molecule has 2 aromatic carbocycles. The molecule has 0 fully saturated rings. The van der Waals surface area contributed by atoms with E-state index in [4.69, 9.17) is 28.4 Å². The lowest BCUT2D eigenvalue weighted by Crippen LogP contribution is -2.26. The summed E-state index contributed by atoms with van der Waals surface area (Å²) >= 11 is 0. The van der Waals surface area contributed by atoms with E-state index >= 15 is 0 Å². The molecular weight excluding hydrogens is 404 g/mol. The highest BCUT2D eigenvalue weighted by Crippen LogP contribution is 2.42. The number of methoxy groups -OCH3 is 5. The van der Waals surface area contributed by atoms with E-state index in [2.05, 4.69) is 0 Å². The van der Waals surface area contributed by atoms with Crippen LogP contribution in [0.1, 0.15) is 35.9 Å². The van der Waals surface area contributed by atoms with Gasteiger partial charge < -0.3 is 33.5 Å². The van der Waals surface area contributed by atoms with E-state index in [-0.39, 0.29) is 5.56 Å². The van der Waals surface area contributed by atoms with Gasteiger partial charge in [-0.15, -0.1) is 0 Å². The molecule has 2 unspecified atom stereocenters. The largest absolute Gasteiger partial charge is 0.493 e. The van der Waals surface area contributed by atoms with Gasteiger partial charge in [-0.2, -0.15) is 0 Å². The minimum Gasteiger partial charge on any atom is -0.493 e. The maximum absolute atomic E-state index is 13.0. The molecule has 8 nitrogen and oxygen atoms in total. The molecule has 2 aromatic rings. The van der Waals surface area contributed by atoms with Crippen LogP contribution >= 0.6 is 0 Å². The number of benzene rings is 2. The lowest BCUT2D eigenvalue weighted by atomic mass is 9.92. The van der Waals surface area contributed by atoms with Crippen LogP contribution in [0.15, 0.2) is 30.3 Å². The third kappa shape index (κ3) is 5.32. The normalized spacial score (nSPS) is 13.5. The third-order valence-corrected chi connectivity index (χ3v) is 5.11. The molecule has 8 heteroatoms. The van der Waals surface area contributed by atoms with Crippen molar-refractivity contribution in [2.24, 2.45) is 5.92 Å². The van der Waals surface area contributed by atoms with E-state index in [9.17, 15) is 9.90 Å². The summed E-state index contributed by atoms with van der Waals surface area (Å²) in [6.45, 7) is 3.43. The van der Waals surface area contributed by atoms with Gasteiger partial charge in [-0.05, 0) is 37.3 Å². The van der Waals surface area contributed by atoms with Crippen LogP contribution in [-0.2, 0) is 4.74 Å². The molecule has 0 radical (unpaired) electrons. The fourth-order valence-electron chi connectivity index (χ4n) is 3.14. The monoisotopic (exact) mass is 434 g/mol. The second-order valence-corrected chi connectivity index (χ2v) is 6.95. The molecule has 0 saturated carbocycles. The Hall–Kier alpha value is -3.13. The quantitative estimate of drug-likeness (QED) is 0.567. The number of carbonyl (C=O) groups excluding carboxylic acids is 1. The average Bonchev–Trinajstić information content (AvgIpc) is 2.80. The second-order valence-electron chi connectivity index (χ2n) is 6.95. The van der Waals surface area contributed by atoms with E-state index in [1.807, 2.05) is 0 Å². The van der Waals surface area contributed by atoms with Gasteiger partial charge in [-0.3, -0.25) is 0 Å². The third-order valence-electron chi connectivity index (χ3n) is 5.11. The van der Waals surface area contributed by atoms with Gasteiger partial charge in [0.1, 0.15) is 6.10 Å². The predicted molar refractivity (Wildman–Crippen MR) is 115 cm³/mol.